The zero-order valence-corrected chi connectivity index (χ0v) is 16.2. The standard InChI is InChI=1S/C20H27N3O4/c1-13(14-5-6-14)11-17(24)22-15-7-9-16(10-8-15)23-18(25)12-21-19(26)27-20(2,3)4/h7-11,14H,5-6,12H2,1-4H3,(H,21,26)(H,22,24)(H,23,25)/b13-11+. The van der Waals surface area contributed by atoms with Crippen LogP contribution in [0.5, 0.6) is 0 Å². The van der Waals surface area contributed by atoms with Gasteiger partial charge in [-0.05, 0) is 70.7 Å². The summed E-state index contributed by atoms with van der Waals surface area (Å²) in [6.45, 7) is 7.02. The second-order valence-electron chi connectivity index (χ2n) is 7.63. The number of hydrogen-bond acceptors (Lipinski definition) is 4. The van der Waals surface area contributed by atoms with E-state index in [1.165, 1.54) is 0 Å². The molecule has 1 aromatic rings. The molecule has 146 valence electrons. The maximum Gasteiger partial charge on any atom is 0.408 e. The summed E-state index contributed by atoms with van der Waals surface area (Å²) >= 11 is 0. The molecule has 1 aliphatic rings. The molecular formula is C20H27N3O4. The molecule has 3 amide bonds. The zero-order valence-electron chi connectivity index (χ0n) is 16.2. The highest BCUT2D eigenvalue weighted by molar-refractivity contribution is 6.00. The van der Waals surface area contributed by atoms with Crippen LogP contribution in [0, 0.1) is 5.92 Å². The average molecular weight is 373 g/mol. The second-order valence-corrected chi connectivity index (χ2v) is 7.63. The van der Waals surface area contributed by atoms with Crippen molar-refractivity contribution in [1.82, 2.24) is 5.32 Å². The van der Waals surface area contributed by atoms with Crippen molar-refractivity contribution < 1.29 is 19.1 Å². The molecule has 0 atom stereocenters. The molecule has 0 radical (unpaired) electrons. The predicted octanol–water partition coefficient (Wildman–Crippen LogP) is 3.44. The summed E-state index contributed by atoms with van der Waals surface area (Å²) in [5, 5.41) is 7.85. The minimum absolute atomic E-state index is 0.155. The highest BCUT2D eigenvalue weighted by Gasteiger charge is 2.23. The van der Waals surface area contributed by atoms with Crippen LogP contribution in [0.4, 0.5) is 16.2 Å². The third-order valence-electron chi connectivity index (χ3n) is 3.81. The van der Waals surface area contributed by atoms with Crippen molar-refractivity contribution in [2.45, 2.75) is 46.1 Å². The van der Waals surface area contributed by atoms with E-state index in [1.807, 2.05) is 6.92 Å². The summed E-state index contributed by atoms with van der Waals surface area (Å²) in [5.74, 6) is 0.0287. The lowest BCUT2D eigenvalue weighted by atomic mass is 10.2. The number of amides is 3. The Hall–Kier alpha value is -2.83. The third kappa shape index (κ3) is 7.94. The van der Waals surface area contributed by atoms with Crippen LogP contribution >= 0.6 is 0 Å². The maximum absolute atomic E-state index is 12.0. The molecule has 0 aliphatic heterocycles. The molecule has 0 heterocycles. The highest BCUT2D eigenvalue weighted by Crippen LogP contribution is 2.35. The first-order valence-corrected chi connectivity index (χ1v) is 8.98. The summed E-state index contributed by atoms with van der Waals surface area (Å²) in [6.07, 6.45) is 3.31. The Morgan fingerprint density at radius 1 is 1.07 bits per heavy atom. The predicted molar refractivity (Wildman–Crippen MR) is 104 cm³/mol. The summed E-state index contributed by atoms with van der Waals surface area (Å²) in [6, 6.07) is 6.76. The molecule has 3 N–H and O–H groups in total. The van der Waals surface area contributed by atoms with Crippen molar-refractivity contribution >= 4 is 29.3 Å². The molecule has 1 aliphatic carbocycles. The van der Waals surface area contributed by atoms with Gasteiger partial charge in [-0.3, -0.25) is 9.59 Å². The Bertz CT molecular complexity index is 729. The molecule has 0 unspecified atom stereocenters. The van der Waals surface area contributed by atoms with Crippen LogP contribution in [0.2, 0.25) is 0 Å². The molecule has 1 saturated carbocycles. The first-order valence-electron chi connectivity index (χ1n) is 8.98. The van der Waals surface area contributed by atoms with E-state index in [4.69, 9.17) is 4.74 Å². The van der Waals surface area contributed by atoms with Crippen LogP contribution in [0.3, 0.4) is 0 Å². The first-order chi connectivity index (χ1) is 12.6. The molecule has 1 aromatic carbocycles. The fraction of sp³-hybridized carbons (Fsp3) is 0.450. The van der Waals surface area contributed by atoms with Crippen LogP contribution in [-0.2, 0) is 14.3 Å². The van der Waals surface area contributed by atoms with Gasteiger partial charge in [0.05, 0.1) is 0 Å². The van der Waals surface area contributed by atoms with Crippen molar-refractivity contribution in [3.05, 3.63) is 35.9 Å². The van der Waals surface area contributed by atoms with Crippen molar-refractivity contribution in [2.24, 2.45) is 5.92 Å². The van der Waals surface area contributed by atoms with Gasteiger partial charge in [-0.1, -0.05) is 5.57 Å². The largest absolute Gasteiger partial charge is 0.444 e. The molecule has 0 saturated heterocycles. The van der Waals surface area contributed by atoms with Crippen LogP contribution < -0.4 is 16.0 Å². The van der Waals surface area contributed by atoms with Crippen LogP contribution in [0.25, 0.3) is 0 Å². The second kappa shape index (κ2) is 8.70. The monoisotopic (exact) mass is 373 g/mol. The Morgan fingerprint density at radius 2 is 1.63 bits per heavy atom. The zero-order chi connectivity index (χ0) is 20.0. The molecular weight excluding hydrogens is 346 g/mol. The van der Waals surface area contributed by atoms with Crippen molar-refractivity contribution in [2.75, 3.05) is 17.2 Å². The van der Waals surface area contributed by atoms with E-state index in [2.05, 4.69) is 16.0 Å². The van der Waals surface area contributed by atoms with E-state index in [-0.39, 0.29) is 18.4 Å². The van der Waals surface area contributed by atoms with E-state index in [0.29, 0.717) is 17.3 Å². The van der Waals surface area contributed by atoms with E-state index in [0.717, 1.165) is 18.4 Å². The van der Waals surface area contributed by atoms with Gasteiger partial charge in [0.1, 0.15) is 12.1 Å². The number of allylic oxidation sites excluding steroid dienone is 1. The van der Waals surface area contributed by atoms with Gasteiger partial charge in [0.15, 0.2) is 0 Å². The molecule has 7 nitrogen and oxygen atoms in total. The van der Waals surface area contributed by atoms with Gasteiger partial charge in [-0.25, -0.2) is 4.79 Å². The molecule has 7 heteroatoms. The number of alkyl carbamates (subject to hydrolysis) is 1. The SMILES string of the molecule is C/C(=C\C(=O)Nc1ccc(NC(=O)CNC(=O)OC(C)(C)C)cc1)C1CC1. The lowest BCUT2D eigenvalue weighted by Crippen LogP contribution is -2.37. The van der Waals surface area contributed by atoms with E-state index in [1.54, 1.807) is 51.1 Å². The summed E-state index contributed by atoms with van der Waals surface area (Å²) in [7, 11) is 0. The lowest BCUT2D eigenvalue weighted by molar-refractivity contribution is -0.115. The van der Waals surface area contributed by atoms with Gasteiger partial charge in [-0.2, -0.15) is 0 Å². The Labute approximate surface area is 159 Å². The van der Waals surface area contributed by atoms with Crippen molar-refractivity contribution in [3.63, 3.8) is 0 Å². The smallest absolute Gasteiger partial charge is 0.408 e. The van der Waals surface area contributed by atoms with E-state index < -0.39 is 11.7 Å². The molecule has 0 spiro atoms. The maximum atomic E-state index is 12.0. The molecule has 27 heavy (non-hydrogen) atoms. The normalized spacial score (nSPS) is 14.3. The van der Waals surface area contributed by atoms with Gasteiger partial charge in [-0.15, -0.1) is 0 Å². The fourth-order valence-electron chi connectivity index (χ4n) is 2.35. The number of carbonyl (C=O) groups is 3. The summed E-state index contributed by atoms with van der Waals surface area (Å²) in [5.41, 5.74) is 1.69. The molecule has 0 bridgehead atoms. The first kappa shape index (κ1) is 20.5. The topological polar surface area (TPSA) is 96.5 Å². The van der Waals surface area contributed by atoms with Crippen molar-refractivity contribution in [1.29, 1.82) is 0 Å². The van der Waals surface area contributed by atoms with Gasteiger partial charge in [0.25, 0.3) is 0 Å². The number of benzene rings is 1. The minimum atomic E-state index is -0.648. The van der Waals surface area contributed by atoms with E-state index >= 15 is 0 Å². The molecule has 0 aromatic heterocycles. The van der Waals surface area contributed by atoms with Gasteiger partial charge in [0.2, 0.25) is 11.8 Å². The third-order valence-corrected chi connectivity index (χ3v) is 3.81. The number of carbonyl (C=O) groups excluding carboxylic acids is 3. The number of nitrogens with one attached hydrogen (secondary N) is 3. The van der Waals surface area contributed by atoms with Gasteiger partial charge >= 0.3 is 6.09 Å². The molecule has 1 fully saturated rings. The molecule has 2 rings (SSSR count). The number of hydrogen-bond donors (Lipinski definition) is 3. The quantitative estimate of drug-likeness (QED) is 0.666. The minimum Gasteiger partial charge on any atom is -0.444 e. The van der Waals surface area contributed by atoms with Crippen LogP contribution in [0.15, 0.2) is 35.9 Å². The van der Waals surface area contributed by atoms with Gasteiger partial charge in [0, 0.05) is 17.5 Å². The van der Waals surface area contributed by atoms with Gasteiger partial charge < -0.3 is 20.7 Å². The summed E-state index contributed by atoms with van der Waals surface area (Å²) < 4.78 is 5.06. The number of anilines is 2. The fourth-order valence-corrected chi connectivity index (χ4v) is 2.35. The Balaban J connectivity index is 1.77. The average Bonchev–Trinajstić information content (AvgIpc) is 3.38. The lowest BCUT2D eigenvalue weighted by Gasteiger charge is -2.19. The number of rotatable bonds is 6. The summed E-state index contributed by atoms with van der Waals surface area (Å²) in [4.78, 5) is 35.4. The van der Waals surface area contributed by atoms with Crippen LogP contribution in [0.1, 0.15) is 40.5 Å². The number of ether oxygens (including phenoxy) is 1. The Kier molecular flexibility index (Phi) is 6.60. The van der Waals surface area contributed by atoms with Crippen LogP contribution in [-0.4, -0.2) is 30.1 Å². The van der Waals surface area contributed by atoms with E-state index in [9.17, 15) is 14.4 Å². The Morgan fingerprint density at radius 3 is 2.15 bits per heavy atom. The highest BCUT2D eigenvalue weighted by atomic mass is 16.6. The van der Waals surface area contributed by atoms with Crippen molar-refractivity contribution in [3.8, 4) is 0 Å².